The average Bonchev–Trinajstić information content (AvgIpc) is 2.89. The van der Waals surface area contributed by atoms with E-state index in [0.717, 1.165) is 45.2 Å². The lowest BCUT2D eigenvalue weighted by molar-refractivity contribution is -0.160. The molecule has 0 aromatic heterocycles. The van der Waals surface area contributed by atoms with Crippen LogP contribution >= 0.6 is 0 Å². The number of morpholine rings is 2. The highest BCUT2D eigenvalue weighted by molar-refractivity contribution is 5.84. The van der Waals surface area contributed by atoms with E-state index >= 15 is 0 Å². The maximum Gasteiger partial charge on any atom is 0.240 e. The Balaban J connectivity index is 1.07. The van der Waals surface area contributed by atoms with Crippen molar-refractivity contribution in [2.24, 2.45) is 0 Å². The molecule has 0 spiro atoms. The first-order chi connectivity index (χ1) is 20.6. The van der Waals surface area contributed by atoms with Crippen LogP contribution in [0, 0.1) is 0 Å². The van der Waals surface area contributed by atoms with Gasteiger partial charge in [-0.25, -0.2) is 0 Å². The van der Waals surface area contributed by atoms with Crippen LogP contribution in [-0.4, -0.2) is 156 Å². The molecule has 244 valence electrons. The van der Waals surface area contributed by atoms with Crippen LogP contribution in [0.5, 0.6) is 0 Å². The van der Waals surface area contributed by atoms with Gasteiger partial charge in [-0.2, -0.15) is 0 Å². The minimum Gasteiger partial charge on any atom is -0.377 e. The molecule has 5 aliphatic heterocycles. The first-order valence-electron chi connectivity index (χ1n) is 16.9. The lowest BCUT2D eigenvalue weighted by Gasteiger charge is -2.53. The molecule has 0 aromatic carbocycles. The summed E-state index contributed by atoms with van der Waals surface area (Å²) in [6, 6.07) is 1.15. The zero-order valence-electron chi connectivity index (χ0n) is 27.4. The van der Waals surface area contributed by atoms with Gasteiger partial charge in [-0.05, 0) is 73.6 Å². The summed E-state index contributed by atoms with van der Waals surface area (Å²) in [7, 11) is 0. The number of carbonyl (C=O) groups is 3. The molecule has 5 rings (SSSR count). The van der Waals surface area contributed by atoms with Crippen molar-refractivity contribution in [3.05, 3.63) is 0 Å². The molecule has 11 heteroatoms. The zero-order valence-corrected chi connectivity index (χ0v) is 27.4. The molecule has 5 saturated heterocycles. The van der Waals surface area contributed by atoms with E-state index in [1.807, 2.05) is 9.80 Å². The molecule has 0 radical (unpaired) electrons. The predicted octanol–water partition coefficient (Wildman–Crippen LogP) is 1.15. The lowest BCUT2D eigenvalue weighted by atomic mass is 9.85. The van der Waals surface area contributed by atoms with Crippen LogP contribution in [0.25, 0.3) is 0 Å². The van der Waals surface area contributed by atoms with Crippen LogP contribution < -0.4 is 5.32 Å². The Morgan fingerprint density at radius 3 is 2.23 bits per heavy atom. The van der Waals surface area contributed by atoms with E-state index in [0.29, 0.717) is 52.0 Å². The quantitative estimate of drug-likeness (QED) is 0.375. The highest BCUT2D eigenvalue weighted by Gasteiger charge is 2.48. The molecule has 7 atom stereocenters. The van der Waals surface area contributed by atoms with Gasteiger partial charge in [-0.15, -0.1) is 0 Å². The van der Waals surface area contributed by atoms with Gasteiger partial charge >= 0.3 is 0 Å². The van der Waals surface area contributed by atoms with Crippen molar-refractivity contribution in [2.45, 2.75) is 128 Å². The minimum atomic E-state index is -0.0825. The molecule has 1 N–H and O–H groups in total. The summed E-state index contributed by atoms with van der Waals surface area (Å²) >= 11 is 0. The number of nitrogens with one attached hydrogen (secondary N) is 1. The Morgan fingerprint density at radius 1 is 0.860 bits per heavy atom. The average molecular weight is 605 g/mol. The van der Waals surface area contributed by atoms with Crippen molar-refractivity contribution in [2.75, 3.05) is 59.1 Å². The highest BCUT2D eigenvalue weighted by atomic mass is 16.5. The predicted molar refractivity (Wildman–Crippen MR) is 165 cm³/mol. The zero-order chi connectivity index (χ0) is 30.8. The van der Waals surface area contributed by atoms with Crippen molar-refractivity contribution >= 4 is 17.7 Å². The summed E-state index contributed by atoms with van der Waals surface area (Å²) in [4.78, 5) is 50.5. The third kappa shape index (κ3) is 7.06. The molecule has 5 fully saturated rings. The van der Waals surface area contributed by atoms with Gasteiger partial charge < -0.3 is 24.6 Å². The molecule has 5 aliphatic rings. The molecule has 2 unspecified atom stereocenters. The Bertz CT molecular complexity index is 995. The topological polar surface area (TPSA) is 97.9 Å². The lowest BCUT2D eigenvalue weighted by Crippen LogP contribution is -2.67. The number of carbonyl (C=O) groups excluding carboxylic acids is 3. The Hall–Kier alpha value is -1.79. The highest BCUT2D eigenvalue weighted by Crippen LogP contribution is 2.35. The van der Waals surface area contributed by atoms with Gasteiger partial charge in [0.1, 0.15) is 0 Å². The van der Waals surface area contributed by atoms with Crippen molar-refractivity contribution in [1.29, 1.82) is 0 Å². The van der Waals surface area contributed by atoms with Gasteiger partial charge in [-0.1, -0.05) is 0 Å². The molecule has 0 aromatic rings. The van der Waals surface area contributed by atoms with Gasteiger partial charge in [0.25, 0.3) is 0 Å². The number of rotatable bonds is 11. The largest absolute Gasteiger partial charge is 0.377 e. The summed E-state index contributed by atoms with van der Waals surface area (Å²) < 4.78 is 11.7. The van der Waals surface area contributed by atoms with E-state index in [9.17, 15) is 14.4 Å². The smallest absolute Gasteiger partial charge is 0.240 e. The summed E-state index contributed by atoms with van der Waals surface area (Å²) in [5.74, 6) is 0.569. The van der Waals surface area contributed by atoms with Gasteiger partial charge in [0.05, 0.1) is 50.1 Å². The van der Waals surface area contributed by atoms with Crippen molar-refractivity contribution < 1.29 is 23.9 Å². The van der Waals surface area contributed by atoms with Gasteiger partial charge in [0.15, 0.2) is 0 Å². The summed E-state index contributed by atoms with van der Waals surface area (Å²) in [6.07, 6.45) is 4.33. The minimum absolute atomic E-state index is 0.00954. The number of likely N-dealkylation sites (tertiary alicyclic amines) is 3. The van der Waals surface area contributed by atoms with E-state index in [2.05, 4.69) is 61.6 Å². The fourth-order valence-electron chi connectivity index (χ4n) is 7.86. The fourth-order valence-corrected chi connectivity index (χ4v) is 7.86. The van der Waals surface area contributed by atoms with Crippen molar-refractivity contribution in [1.82, 2.24) is 29.8 Å². The molecule has 43 heavy (non-hydrogen) atoms. The molecular formula is C32H56N6O5. The van der Waals surface area contributed by atoms with E-state index < -0.39 is 0 Å². The van der Waals surface area contributed by atoms with Crippen LogP contribution in [0.1, 0.15) is 73.6 Å². The number of nitrogens with zero attached hydrogens (tertiary/aromatic N) is 5. The summed E-state index contributed by atoms with van der Waals surface area (Å²) in [6.45, 7) is 19.1. The normalized spacial score (nSPS) is 33.1. The Morgan fingerprint density at radius 2 is 1.60 bits per heavy atom. The maximum absolute atomic E-state index is 13.6. The number of hydrogen-bond acceptors (Lipinski definition) is 8. The van der Waals surface area contributed by atoms with E-state index in [1.54, 1.807) is 0 Å². The van der Waals surface area contributed by atoms with Crippen molar-refractivity contribution in [3.8, 4) is 0 Å². The standard InChI is InChI=1S/C32H56N6O5/c1-21(2)35-11-8-27(35)30(39)33-10-7-23(5)36-12-9-28(36)31(40)34-13-16-43-26(19-34)17-25-18-29(38(25)22(3)4)32(41)37-14-15-42-20-24(37)6/h21-29H,7-20H2,1-6H3,(H,33,39)/t23?,24-,25?,26-,27+,28+,29+/m1/s1. The number of ether oxygens (including phenoxy) is 2. The van der Waals surface area contributed by atoms with Gasteiger partial charge in [0, 0.05) is 63.4 Å². The van der Waals surface area contributed by atoms with E-state index in [-0.39, 0.29) is 66.1 Å². The monoisotopic (exact) mass is 604 g/mol. The first-order valence-corrected chi connectivity index (χ1v) is 16.9. The third-order valence-corrected chi connectivity index (χ3v) is 10.6. The van der Waals surface area contributed by atoms with E-state index in [4.69, 9.17) is 9.47 Å². The molecule has 11 nitrogen and oxygen atoms in total. The van der Waals surface area contributed by atoms with Crippen LogP contribution in [0.3, 0.4) is 0 Å². The molecule has 0 aliphatic carbocycles. The number of amides is 3. The van der Waals surface area contributed by atoms with Crippen LogP contribution in [-0.2, 0) is 23.9 Å². The summed E-state index contributed by atoms with van der Waals surface area (Å²) in [5.41, 5.74) is 0. The summed E-state index contributed by atoms with van der Waals surface area (Å²) in [5, 5.41) is 3.14. The second-order valence-electron chi connectivity index (χ2n) is 14.0. The third-order valence-electron chi connectivity index (χ3n) is 10.6. The first kappa shape index (κ1) is 32.6. The van der Waals surface area contributed by atoms with Crippen LogP contribution in [0.15, 0.2) is 0 Å². The van der Waals surface area contributed by atoms with Gasteiger partial charge in [-0.3, -0.25) is 29.1 Å². The second kappa shape index (κ2) is 14.1. The second-order valence-corrected chi connectivity index (χ2v) is 14.0. The van der Waals surface area contributed by atoms with Crippen molar-refractivity contribution in [3.63, 3.8) is 0 Å². The van der Waals surface area contributed by atoms with E-state index in [1.165, 1.54) is 0 Å². The SMILES string of the molecule is CC(C)N1CC[C@H]1C(=O)NCCC(C)N1CC[C@H]1C(=O)N1CCO[C@H](CC2C[C@@H](C(=O)N3CCOC[C@H]3C)N2C(C)C)C1. The van der Waals surface area contributed by atoms with Crippen LogP contribution in [0.4, 0.5) is 0 Å². The fraction of sp³-hybridized carbons (Fsp3) is 0.906. The Labute approximate surface area is 258 Å². The molecular weight excluding hydrogens is 548 g/mol. The van der Waals surface area contributed by atoms with Gasteiger partial charge in [0.2, 0.25) is 17.7 Å². The number of hydrogen-bond donors (Lipinski definition) is 1. The molecule has 0 bridgehead atoms. The molecule has 3 amide bonds. The molecule has 5 heterocycles. The Kier molecular flexibility index (Phi) is 10.7. The van der Waals surface area contributed by atoms with Crippen LogP contribution in [0.2, 0.25) is 0 Å². The maximum atomic E-state index is 13.6. The molecule has 0 saturated carbocycles.